The van der Waals surface area contributed by atoms with Gasteiger partial charge in [-0.2, -0.15) is 0 Å². The van der Waals surface area contributed by atoms with E-state index in [0.29, 0.717) is 6.04 Å². The third-order valence-electron chi connectivity index (χ3n) is 3.38. The molecule has 0 radical (unpaired) electrons. The average Bonchev–Trinajstić information content (AvgIpc) is 2.98. The first-order chi connectivity index (χ1) is 9.81. The lowest BCUT2D eigenvalue weighted by Gasteiger charge is -2.12. The van der Waals surface area contributed by atoms with E-state index < -0.39 is 0 Å². The first-order valence-corrected chi connectivity index (χ1v) is 6.92. The predicted octanol–water partition coefficient (Wildman–Crippen LogP) is 3.55. The summed E-state index contributed by atoms with van der Waals surface area (Å²) >= 11 is 0. The fourth-order valence-electron chi connectivity index (χ4n) is 2.29. The summed E-state index contributed by atoms with van der Waals surface area (Å²) in [5.74, 6) is 1.01. The third kappa shape index (κ3) is 3.06. The SMILES string of the molecule is CC(Cc1ccco1)NCc1ccc2ccccc2n1. The van der Waals surface area contributed by atoms with Gasteiger partial charge in [0.15, 0.2) is 0 Å². The Balaban J connectivity index is 1.61. The summed E-state index contributed by atoms with van der Waals surface area (Å²) in [6.07, 6.45) is 2.60. The van der Waals surface area contributed by atoms with Crippen LogP contribution in [0.3, 0.4) is 0 Å². The highest BCUT2D eigenvalue weighted by Crippen LogP contribution is 2.12. The van der Waals surface area contributed by atoms with Crippen molar-refractivity contribution in [3.05, 3.63) is 66.2 Å². The van der Waals surface area contributed by atoms with Crippen molar-refractivity contribution >= 4 is 10.9 Å². The van der Waals surface area contributed by atoms with Gasteiger partial charge in [-0.05, 0) is 31.2 Å². The minimum absolute atomic E-state index is 0.356. The predicted molar refractivity (Wildman–Crippen MR) is 80.5 cm³/mol. The summed E-state index contributed by atoms with van der Waals surface area (Å²) in [4.78, 5) is 4.66. The lowest BCUT2D eigenvalue weighted by molar-refractivity contribution is 0.455. The Morgan fingerprint density at radius 2 is 2.00 bits per heavy atom. The Hall–Kier alpha value is -2.13. The molecule has 0 aliphatic rings. The smallest absolute Gasteiger partial charge is 0.105 e. The van der Waals surface area contributed by atoms with Crippen molar-refractivity contribution < 1.29 is 4.42 Å². The van der Waals surface area contributed by atoms with Gasteiger partial charge < -0.3 is 9.73 Å². The van der Waals surface area contributed by atoms with Gasteiger partial charge in [-0.3, -0.25) is 4.98 Å². The molecule has 1 unspecified atom stereocenters. The summed E-state index contributed by atoms with van der Waals surface area (Å²) in [6, 6.07) is 16.7. The summed E-state index contributed by atoms with van der Waals surface area (Å²) in [7, 11) is 0. The van der Waals surface area contributed by atoms with Crippen molar-refractivity contribution in [2.75, 3.05) is 0 Å². The third-order valence-corrected chi connectivity index (χ3v) is 3.38. The van der Waals surface area contributed by atoms with E-state index in [1.54, 1.807) is 6.26 Å². The van der Waals surface area contributed by atoms with Crippen LogP contribution < -0.4 is 5.32 Å². The number of nitrogens with zero attached hydrogens (tertiary/aromatic N) is 1. The molecule has 0 aliphatic heterocycles. The molecule has 0 aliphatic carbocycles. The monoisotopic (exact) mass is 266 g/mol. The maximum Gasteiger partial charge on any atom is 0.105 e. The molecule has 1 aromatic carbocycles. The number of rotatable bonds is 5. The van der Waals surface area contributed by atoms with Crippen LogP contribution in [0.25, 0.3) is 10.9 Å². The molecule has 0 bridgehead atoms. The molecule has 3 aromatic rings. The molecule has 2 aromatic heterocycles. The van der Waals surface area contributed by atoms with Crippen LogP contribution in [0.15, 0.2) is 59.2 Å². The van der Waals surface area contributed by atoms with Crippen LogP contribution in [0.5, 0.6) is 0 Å². The van der Waals surface area contributed by atoms with Crippen molar-refractivity contribution in [3.63, 3.8) is 0 Å². The van der Waals surface area contributed by atoms with Crippen LogP contribution in [-0.4, -0.2) is 11.0 Å². The highest BCUT2D eigenvalue weighted by atomic mass is 16.3. The Morgan fingerprint density at radius 3 is 2.85 bits per heavy atom. The topological polar surface area (TPSA) is 38.1 Å². The number of nitrogens with one attached hydrogen (secondary N) is 1. The van der Waals surface area contributed by atoms with Crippen molar-refractivity contribution in [3.8, 4) is 0 Å². The van der Waals surface area contributed by atoms with Crippen molar-refractivity contribution in [1.29, 1.82) is 0 Å². The number of fused-ring (bicyclic) bond motifs is 1. The van der Waals surface area contributed by atoms with Crippen molar-refractivity contribution in [2.24, 2.45) is 0 Å². The van der Waals surface area contributed by atoms with Gasteiger partial charge in [0.2, 0.25) is 0 Å². The Labute approximate surface area is 118 Å². The summed E-state index contributed by atoms with van der Waals surface area (Å²) in [5, 5.41) is 4.66. The molecular formula is C17H18N2O. The van der Waals surface area contributed by atoms with Crippen molar-refractivity contribution in [1.82, 2.24) is 10.3 Å². The molecule has 102 valence electrons. The Bertz CT molecular complexity index is 676. The van der Waals surface area contributed by atoms with Crippen LogP contribution >= 0.6 is 0 Å². The van der Waals surface area contributed by atoms with Crippen LogP contribution in [0.2, 0.25) is 0 Å². The molecule has 0 amide bonds. The van der Waals surface area contributed by atoms with Gasteiger partial charge >= 0.3 is 0 Å². The van der Waals surface area contributed by atoms with Crippen LogP contribution in [0.4, 0.5) is 0 Å². The normalized spacial score (nSPS) is 12.7. The van der Waals surface area contributed by atoms with Crippen LogP contribution in [0, 0.1) is 0 Å². The summed E-state index contributed by atoms with van der Waals surface area (Å²) < 4.78 is 5.36. The zero-order valence-electron chi connectivity index (χ0n) is 11.5. The van der Waals surface area contributed by atoms with E-state index in [9.17, 15) is 0 Å². The molecule has 20 heavy (non-hydrogen) atoms. The van der Waals surface area contributed by atoms with Gasteiger partial charge in [0.05, 0.1) is 17.5 Å². The number of hydrogen-bond donors (Lipinski definition) is 1. The molecule has 3 nitrogen and oxygen atoms in total. The molecule has 1 atom stereocenters. The Kier molecular flexibility index (Phi) is 3.79. The minimum Gasteiger partial charge on any atom is -0.469 e. The van der Waals surface area contributed by atoms with E-state index >= 15 is 0 Å². The van der Waals surface area contributed by atoms with E-state index in [0.717, 1.165) is 29.9 Å². The van der Waals surface area contributed by atoms with Gasteiger partial charge in [-0.15, -0.1) is 0 Å². The maximum absolute atomic E-state index is 5.36. The molecule has 3 heteroatoms. The second kappa shape index (κ2) is 5.88. The fraction of sp³-hybridized carbons (Fsp3) is 0.235. The number of para-hydroxylation sites is 1. The molecule has 0 spiro atoms. The van der Waals surface area contributed by atoms with Crippen LogP contribution in [-0.2, 0) is 13.0 Å². The number of furan rings is 1. The molecule has 2 heterocycles. The lowest BCUT2D eigenvalue weighted by Crippen LogP contribution is -2.27. The lowest BCUT2D eigenvalue weighted by atomic mass is 10.2. The van der Waals surface area contributed by atoms with Gasteiger partial charge in [-0.1, -0.05) is 24.3 Å². The highest BCUT2D eigenvalue weighted by molar-refractivity contribution is 5.78. The molecule has 1 N–H and O–H groups in total. The maximum atomic E-state index is 5.36. The average molecular weight is 266 g/mol. The Morgan fingerprint density at radius 1 is 1.10 bits per heavy atom. The molecule has 3 rings (SSSR count). The van der Waals surface area contributed by atoms with Gasteiger partial charge in [0.25, 0.3) is 0 Å². The van der Waals surface area contributed by atoms with E-state index in [2.05, 4.69) is 35.4 Å². The van der Waals surface area contributed by atoms with Crippen LogP contribution in [0.1, 0.15) is 18.4 Å². The van der Waals surface area contributed by atoms with Gasteiger partial charge in [0.1, 0.15) is 5.76 Å². The zero-order chi connectivity index (χ0) is 13.8. The summed E-state index contributed by atoms with van der Waals surface area (Å²) in [5.41, 5.74) is 2.11. The second-order valence-electron chi connectivity index (χ2n) is 5.06. The standard InChI is InChI=1S/C17H18N2O/c1-13(11-16-6-4-10-20-16)18-12-15-9-8-14-5-2-3-7-17(14)19-15/h2-10,13,18H,11-12H2,1H3. The number of aromatic nitrogens is 1. The van der Waals surface area contributed by atoms with E-state index in [4.69, 9.17) is 4.42 Å². The quantitative estimate of drug-likeness (QED) is 0.767. The van der Waals surface area contributed by atoms with Gasteiger partial charge in [-0.25, -0.2) is 0 Å². The minimum atomic E-state index is 0.356. The first kappa shape index (κ1) is 12.9. The zero-order valence-corrected chi connectivity index (χ0v) is 11.5. The number of hydrogen-bond acceptors (Lipinski definition) is 3. The summed E-state index contributed by atoms with van der Waals surface area (Å²) in [6.45, 7) is 2.93. The number of pyridine rings is 1. The van der Waals surface area contributed by atoms with E-state index in [1.165, 1.54) is 5.39 Å². The first-order valence-electron chi connectivity index (χ1n) is 6.92. The molecule has 0 fully saturated rings. The molecule has 0 saturated heterocycles. The van der Waals surface area contributed by atoms with E-state index in [-0.39, 0.29) is 0 Å². The number of benzene rings is 1. The molecular weight excluding hydrogens is 248 g/mol. The fourth-order valence-corrected chi connectivity index (χ4v) is 2.29. The highest BCUT2D eigenvalue weighted by Gasteiger charge is 2.06. The molecule has 0 saturated carbocycles. The van der Waals surface area contributed by atoms with Crippen molar-refractivity contribution in [2.45, 2.75) is 25.9 Å². The van der Waals surface area contributed by atoms with E-state index in [1.807, 2.05) is 30.3 Å². The largest absolute Gasteiger partial charge is 0.469 e. The second-order valence-corrected chi connectivity index (χ2v) is 5.06. The van der Waals surface area contributed by atoms with Gasteiger partial charge in [0, 0.05) is 24.4 Å².